The molecule has 1 aromatic heterocycles. The number of benzene rings is 3. The number of hydrogen-bond acceptors (Lipinski definition) is 5. The Hall–Kier alpha value is -2.49. The lowest BCUT2D eigenvalue weighted by molar-refractivity contribution is 0.102. The third kappa shape index (κ3) is 5.05. The van der Waals surface area contributed by atoms with Crippen LogP contribution in [-0.2, 0) is 16.6 Å². The van der Waals surface area contributed by atoms with Crippen molar-refractivity contribution < 1.29 is 13.2 Å². The van der Waals surface area contributed by atoms with Crippen LogP contribution in [0.15, 0.2) is 71.6 Å². The quantitative estimate of drug-likeness (QED) is 0.321. The lowest BCUT2D eigenvalue weighted by Crippen LogP contribution is -2.30. The lowest BCUT2D eigenvalue weighted by Gasteiger charge is -2.20. The smallest absolute Gasteiger partial charge is 0.257 e. The summed E-state index contributed by atoms with van der Waals surface area (Å²) in [5.74, 6) is -0.415. The van der Waals surface area contributed by atoms with Crippen LogP contribution in [0, 0.1) is 0 Å². The molecule has 0 saturated carbocycles. The molecule has 1 amide bonds. The van der Waals surface area contributed by atoms with Gasteiger partial charge in [-0.3, -0.25) is 10.1 Å². The van der Waals surface area contributed by atoms with E-state index in [2.05, 4.69) is 10.3 Å². The number of amides is 1. The van der Waals surface area contributed by atoms with Crippen molar-refractivity contribution in [2.45, 2.75) is 18.4 Å². The van der Waals surface area contributed by atoms with Gasteiger partial charge >= 0.3 is 0 Å². The zero-order valence-corrected chi connectivity index (χ0v) is 20.6. The molecule has 0 unspecified atom stereocenters. The topological polar surface area (TPSA) is 79.4 Å². The first kappa shape index (κ1) is 23.7. The van der Waals surface area contributed by atoms with Gasteiger partial charge in [0.15, 0.2) is 5.13 Å². The van der Waals surface area contributed by atoms with Crippen molar-refractivity contribution in [1.29, 1.82) is 0 Å². The van der Waals surface area contributed by atoms with Crippen molar-refractivity contribution in [1.82, 2.24) is 9.29 Å². The molecule has 0 bridgehead atoms. The highest BCUT2D eigenvalue weighted by molar-refractivity contribution is 7.89. The maximum Gasteiger partial charge on any atom is 0.257 e. The number of sulfonamides is 1. The third-order valence-corrected chi connectivity index (χ3v) is 8.65. The molecule has 0 aliphatic carbocycles. The normalized spacial score (nSPS) is 11.8. The van der Waals surface area contributed by atoms with E-state index in [0.717, 1.165) is 5.56 Å². The molecule has 0 saturated heterocycles. The Morgan fingerprint density at radius 3 is 2.30 bits per heavy atom. The number of nitrogens with one attached hydrogen (secondary N) is 1. The van der Waals surface area contributed by atoms with Gasteiger partial charge in [0.2, 0.25) is 10.0 Å². The Morgan fingerprint density at radius 2 is 1.67 bits per heavy atom. The molecular formula is C23H19Cl2N3O3S2. The van der Waals surface area contributed by atoms with Crippen LogP contribution >= 0.6 is 34.5 Å². The number of halogens is 2. The van der Waals surface area contributed by atoms with Crippen molar-refractivity contribution >= 4 is 65.8 Å². The minimum Gasteiger partial charge on any atom is -0.298 e. The largest absolute Gasteiger partial charge is 0.298 e. The highest BCUT2D eigenvalue weighted by Crippen LogP contribution is 2.36. The number of hydrogen-bond donors (Lipinski definition) is 1. The summed E-state index contributed by atoms with van der Waals surface area (Å²) in [4.78, 5) is 17.1. The average Bonchev–Trinajstić information content (AvgIpc) is 3.25. The molecular weight excluding hydrogens is 501 g/mol. The third-order valence-electron chi connectivity index (χ3n) is 4.98. The predicted molar refractivity (Wildman–Crippen MR) is 134 cm³/mol. The van der Waals surface area contributed by atoms with Crippen LogP contribution in [0.3, 0.4) is 0 Å². The van der Waals surface area contributed by atoms with Gasteiger partial charge in [-0.15, -0.1) is 0 Å². The van der Waals surface area contributed by atoms with Gasteiger partial charge in [0.1, 0.15) is 5.52 Å². The molecule has 0 aliphatic rings. The Kier molecular flexibility index (Phi) is 7.02. The minimum atomic E-state index is -3.72. The molecule has 6 nitrogen and oxygen atoms in total. The molecule has 3 aromatic carbocycles. The lowest BCUT2D eigenvalue weighted by atomic mass is 10.2. The van der Waals surface area contributed by atoms with Crippen LogP contribution in [0.25, 0.3) is 10.2 Å². The number of fused-ring (bicyclic) bond motifs is 1. The van der Waals surface area contributed by atoms with Gasteiger partial charge in [0, 0.05) is 18.7 Å². The Balaban J connectivity index is 1.52. The van der Waals surface area contributed by atoms with E-state index in [1.54, 1.807) is 19.1 Å². The number of carbonyl (C=O) groups excluding carboxylic acids is 1. The highest BCUT2D eigenvalue weighted by Gasteiger charge is 2.23. The first-order valence-corrected chi connectivity index (χ1v) is 13.0. The summed E-state index contributed by atoms with van der Waals surface area (Å²) in [6, 6.07) is 18.5. The van der Waals surface area contributed by atoms with Crippen LogP contribution in [-0.4, -0.2) is 30.2 Å². The van der Waals surface area contributed by atoms with E-state index in [9.17, 15) is 13.2 Å². The van der Waals surface area contributed by atoms with Gasteiger partial charge in [-0.1, -0.05) is 71.8 Å². The van der Waals surface area contributed by atoms with Crippen LogP contribution < -0.4 is 5.32 Å². The highest BCUT2D eigenvalue weighted by atomic mass is 35.5. The zero-order chi connectivity index (χ0) is 23.6. The Morgan fingerprint density at radius 1 is 1.00 bits per heavy atom. The molecule has 33 heavy (non-hydrogen) atoms. The molecule has 0 atom stereocenters. The van der Waals surface area contributed by atoms with Gasteiger partial charge in [0.25, 0.3) is 5.91 Å². The van der Waals surface area contributed by atoms with E-state index in [0.29, 0.717) is 37.5 Å². The fourth-order valence-corrected chi connectivity index (χ4v) is 6.10. The van der Waals surface area contributed by atoms with Crippen LogP contribution in [0.1, 0.15) is 22.8 Å². The number of nitrogens with zero attached hydrogens (tertiary/aromatic N) is 2. The summed E-state index contributed by atoms with van der Waals surface area (Å²) in [6.07, 6.45) is 0. The molecule has 170 valence electrons. The minimum absolute atomic E-state index is 0.121. The maximum atomic E-state index is 13.1. The number of carbonyl (C=O) groups is 1. The standard InChI is InChI=1S/C23H19Cl2N3O3S2/c1-2-28(14-15-6-4-3-5-7-15)33(30,31)17-10-8-16(9-11-17)22(29)27-23-26-20-18(24)12-13-19(25)21(20)32-23/h3-13H,2,14H2,1H3,(H,26,27,29). The monoisotopic (exact) mass is 519 g/mol. The van der Waals surface area contributed by atoms with Crippen molar-refractivity contribution in [3.63, 3.8) is 0 Å². The van der Waals surface area contributed by atoms with Crippen LogP contribution in [0.5, 0.6) is 0 Å². The molecule has 0 fully saturated rings. The summed E-state index contributed by atoms with van der Waals surface area (Å²) < 4.78 is 28.3. The summed E-state index contributed by atoms with van der Waals surface area (Å²) in [5, 5.41) is 4.01. The van der Waals surface area contributed by atoms with Crippen molar-refractivity contribution in [3.8, 4) is 0 Å². The van der Waals surface area contributed by atoms with E-state index < -0.39 is 15.9 Å². The number of rotatable bonds is 7. The van der Waals surface area contributed by atoms with E-state index >= 15 is 0 Å². The fraction of sp³-hybridized carbons (Fsp3) is 0.130. The predicted octanol–water partition coefficient (Wildman–Crippen LogP) is 6.07. The second-order valence-corrected chi connectivity index (χ2v) is 10.9. The summed E-state index contributed by atoms with van der Waals surface area (Å²) >= 11 is 13.6. The van der Waals surface area contributed by atoms with Crippen LogP contribution in [0.4, 0.5) is 5.13 Å². The second kappa shape index (κ2) is 9.79. The van der Waals surface area contributed by atoms with Crippen molar-refractivity contribution in [2.24, 2.45) is 0 Å². The summed E-state index contributed by atoms with van der Waals surface area (Å²) in [7, 11) is -3.72. The molecule has 4 aromatic rings. The van der Waals surface area contributed by atoms with Crippen molar-refractivity contribution in [2.75, 3.05) is 11.9 Å². The molecule has 0 spiro atoms. The number of thiazole rings is 1. The van der Waals surface area contributed by atoms with Gasteiger partial charge in [-0.05, 0) is 42.0 Å². The number of anilines is 1. The van der Waals surface area contributed by atoms with Crippen LogP contribution in [0.2, 0.25) is 10.0 Å². The van der Waals surface area contributed by atoms with Crippen molar-refractivity contribution in [3.05, 3.63) is 87.9 Å². The fourth-order valence-electron chi connectivity index (χ4n) is 3.25. The van der Waals surface area contributed by atoms with E-state index in [1.165, 1.54) is 39.9 Å². The summed E-state index contributed by atoms with van der Waals surface area (Å²) in [5.41, 5.74) is 1.72. The van der Waals surface area contributed by atoms with Gasteiger partial charge in [-0.25, -0.2) is 13.4 Å². The SMILES string of the molecule is CCN(Cc1ccccc1)S(=O)(=O)c1ccc(C(=O)Nc2nc3c(Cl)ccc(Cl)c3s2)cc1. The molecule has 1 N–H and O–H groups in total. The van der Waals surface area contributed by atoms with E-state index in [-0.39, 0.29) is 11.4 Å². The Labute approximate surface area is 205 Å². The first-order valence-electron chi connectivity index (χ1n) is 9.99. The Bertz CT molecular complexity index is 1370. The van der Waals surface area contributed by atoms with Gasteiger partial charge < -0.3 is 0 Å². The zero-order valence-electron chi connectivity index (χ0n) is 17.5. The number of aromatic nitrogens is 1. The van der Waals surface area contributed by atoms with Gasteiger partial charge in [0.05, 0.1) is 19.6 Å². The molecule has 4 rings (SSSR count). The molecule has 1 heterocycles. The van der Waals surface area contributed by atoms with Gasteiger partial charge in [-0.2, -0.15) is 4.31 Å². The second-order valence-electron chi connectivity index (χ2n) is 7.12. The van der Waals surface area contributed by atoms with E-state index in [4.69, 9.17) is 23.2 Å². The van der Waals surface area contributed by atoms with E-state index in [1.807, 2.05) is 30.3 Å². The average molecular weight is 520 g/mol. The molecule has 0 aliphatic heterocycles. The summed E-state index contributed by atoms with van der Waals surface area (Å²) in [6.45, 7) is 2.38. The molecule has 10 heteroatoms. The first-order chi connectivity index (χ1) is 15.8. The molecule has 0 radical (unpaired) electrons. The maximum absolute atomic E-state index is 13.1.